The van der Waals surface area contributed by atoms with Crippen LogP contribution in [0.1, 0.15) is 0 Å². The highest BCUT2D eigenvalue weighted by Crippen LogP contribution is 2.38. The van der Waals surface area contributed by atoms with Gasteiger partial charge in [-0.3, -0.25) is 4.57 Å². The van der Waals surface area contributed by atoms with E-state index < -0.39 is 0 Å². The number of fused-ring (bicyclic) bond motifs is 2. The number of benzene rings is 2. The molecule has 1 N–H and O–H groups in total. The molecule has 0 aliphatic carbocycles. The summed E-state index contributed by atoms with van der Waals surface area (Å²) in [6, 6.07) is 11.8. The number of ether oxygens (including phenoxy) is 2. The van der Waals surface area contributed by atoms with Crippen LogP contribution in [0.25, 0.3) is 27.4 Å². The van der Waals surface area contributed by atoms with E-state index >= 15 is 0 Å². The fourth-order valence-corrected chi connectivity index (χ4v) is 3.12. The van der Waals surface area contributed by atoms with Crippen LogP contribution in [0.5, 0.6) is 17.4 Å². The summed E-state index contributed by atoms with van der Waals surface area (Å²) in [4.78, 5) is 0. The van der Waals surface area contributed by atoms with Crippen molar-refractivity contribution in [2.45, 2.75) is 0 Å². The molecule has 0 bridgehead atoms. The lowest BCUT2D eigenvalue weighted by Crippen LogP contribution is -1.92. The molecular formula is C19H18N2O3. The van der Waals surface area contributed by atoms with Crippen LogP contribution < -0.4 is 9.47 Å². The van der Waals surface area contributed by atoms with Crippen LogP contribution in [0.2, 0.25) is 0 Å². The first-order valence-corrected chi connectivity index (χ1v) is 7.64. The first kappa shape index (κ1) is 14.5. The molecule has 2 aromatic carbocycles. The molecule has 0 amide bonds. The van der Waals surface area contributed by atoms with Gasteiger partial charge in [0.05, 0.1) is 19.9 Å². The van der Waals surface area contributed by atoms with E-state index in [9.17, 15) is 5.11 Å². The third kappa shape index (κ3) is 2.01. The molecule has 4 rings (SSSR count). The predicted molar refractivity (Wildman–Crippen MR) is 94.5 cm³/mol. The molecule has 0 saturated heterocycles. The monoisotopic (exact) mass is 322 g/mol. The minimum absolute atomic E-state index is 0.180. The number of methoxy groups -OCH3 is 2. The minimum atomic E-state index is 0.180. The molecule has 0 aliphatic heterocycles. The number of nitrogens with zero attached hydrogens (tertiary/aromatic N) is 2. The van der Waals surface area contributed by atoms with Gasteiger partial charge in [-0.2, -0.15) is 0 Å². The Morgan fingerprint density at radius 2 is 1.67 bits per heavy atom. The maximum Gasteiger partial charge on any atom is 0.203 e. The van der Waals surface area contributed by atoms with Crippen LogP contribution in [-0.2, 0) is 7.05 Å². The largest absolute Gasteiger partial charge is 0.494 e. The van der Waals surface area contributed by atoms with Gasteiger partial charge in [0, 0.05) is 35.7 Å². The molecule has 0 aliphatic rings. The second-order valence-electron chi connectivity index (χ2n) is 5.79. The average Bonchev–Trinajstić information content (AvgIpc) is 3.14. The highest BCUT2D eigenvalue weighted by atomic mass is 16.5. The summed E-state index contributed by atoms with van der Waals surface area (Å²) >= 11 is 0. The molecule has 0 unspecified atom stereocenters. The lowest BCUT2D eigenvalue weighted by atomic mass is 10.2. The average molecular weight is 322 g/mol. The molecule has 122 valence electrons. The molecule has 4 aromatic rings. The van der Waals surface area contributed by atoms with Crippen LogP contribution >= 0.6 is 0 Å². The van der Waals surface area contributed by atoms with Gasteiger partial charge in [0.1, 0.15) is 0 Å². The second kappa shape index (κ2) is 5.23. The van der Waals surface area contributed by atoms with Gasteiger partial charge in [0.2, 0.25) is 5.88 Å². The van der Waals surface area contributed by atoms with Crippen molar-refractivity contribution in [3.63, 3.8) is 0 Å². The van der Waals surface area contributed by atoms with Gasteiger partial charge in [0.25, 0.3) is 0 Å². The molecule has 0 radical (unpaired) electrons. The summed E-state index contributed by atoms with van der Waals surface area (Å²) in [7, 11) is 5.19. The summed E-state index contributed by atoms with van der Waals surface area (Å²) in [5, 5.41) is 13.5. The first-order chi connectivity index (χ1) is 11.6. The summed E-state index contributed by atoms with van der Waals surface area (Å²) in [6.45, 7) is 0. The number of aryl methyl sites for hydroxylation is 1. The lowest BCUT2D eigenvalue weighted by molar-refractivity contribution is 0.355. The van der Waals surface area contributed by atoms with Crippen molar-refractivity contribution in [1.29, 1.82) is 0 Å². The maximum atomic E-state index is 10.7. The molecule has 0 atom stereocenters. The number of hydrogen-bond donors (Lipinski definition) is 1. The third-order valence-corrected chi connectivity index (χ3v) is 4.44. The smallest absolute Gasteiger partial charge is 0.203 e. The highest BCUT2D eigenvalue weighted by molar-refractivity contribution is 5.92. The van der Waals surface area contributed by atoms with Crippen LogP contribution in [0, 0.1) is 0 Å². The standard InChI is InChI=1S/C19H18N2O3/c1-20-7-6-12-4-5-14(9-16(12)20)21-11-13-8-17(23-2)18(24-3)10-15(13)19(21)22/h4-11,22H,1-3H3. The molecular weight excluding hydrogens is 304 g/mol. The van der Waals surface area contributed by atoms with Crippen LogP contribution in [0.15, 0.2) is 48.8 Å². The summed E-state index contributed by atoms with van der Waals surface area (Å²) < 4.78 is 14.5. The quantitative estimate of drug-likeness (QED) is 0.623. The number of aromatic hydroxyl groups is 1. The molecule has 2 aromatic heterocycles. The van der Waals surface area contributed by atoms with Gasteiger partial charge in [0.15, 0.2) is 11.5 Å². The molecule has 0 fully saturated rings. The van der Waals surface area contributed by atoms with Crippen molar-refractivity contribution in [1.82, 2.24) is 9.13 Å². The van der Waals surface area contributed by atoms with E-state index in [1.165, 1.54) is 5.39 Å². The minimum Gasteiger partial charge on any atom is -0.494 e. The molecule has 2 heterocycles. The first-order valence-electron chi connectivity index (χ1n) is 7.64. The summed E-state index contributed by atoms with van der Waals surface area (Å²) in [5.74, 6) is 1.41. The van der Waals surface area contributed by atoms with Crippen LogP contribution in [0.3, 0.4) is 0 Å². The molecule has 0 spiro atoms. The highest BCUT2D eigenvalue weighted by Gasteiger charge is 2.15. The Balaban J connectivity index is 1.95. The summed E-state index contributed by atoms with van der Waals surface area (Å²) in [5.41, 5.74) is 2.01. The fraction of sp³-hybridized carbons (Fsp3) is 0.158. The molecule has 0 saturated carbocycles. The van der Waals surface area contributed by atoms with Crippen molar-refractivity contribution in [2.75, 3.05) is 14.2 Å². The Morgan fingerprint density at radius 3 is 2.42 bits per heavy atom. The van der Waals surface area contributed by atoms with Crippen molar-refractivity contribution >= 4 is 21.7 Å². The maximum absolute atomic E-state index is 10.7. The van der Waals surface area contributed by atoms with Gasteiger partial charge in [-0.05, 0) is 35.7 Å². The van der Waals surface area contributed by atoms with Crippen molar-refractivity contribution in [3.05, 3.63) is 48.8 Å². The van der Waals surface area contributed by atoms with E-state index in [1.807, 2.05) is 31.6 Å². The van der Waals surface area contributed by atoms with E-state index in [1.54, 1.807) is 24.9 Å². The molecule has 24 heavy (non-hydrogen) atoms. The number of hydrogen-bond acceptors (Lipinski definition) is 3. The Morgan fingerprint density at radius 1 is 0.917 bits per heavy atom. The zero-order chi connectivity index (χ0) is 16.8. The topological polar surface area (TPSA) is 48.5 Å². The predicted octanol–water partition coefficient (Wildman–Crippen LogP) is 3.85. The Labute approximate surface area is 139 Å². The van der Waals surface area contributed by atoms with Crippen molar-refractivity contribution in [3.8, 4) is 23.1 Å². The third-order valence-electron chi connectivity index (χ3n) is 4.44. The summed E-state index contributed by atoms with van der Waals surface area (Å²) in [6.07, 6.45) is 3.92. The van der Waals surface area contributed by atoms with Gasteiger partial charge < -0.3 is 19.1 Å². The molecule has 5 heteroatoms. The van der Waals surface area contributed by atoms with Gasteiger partial charge >= 0.3 is 0 Å². The lowest BCUT2D eigenvalue weighted by Gasteiger charge is -2.07. The second-order valence-corrected chi connectivity index (χ2v) is 5.79. The number of rotatable bonds is 3. The van der Waals surface area contributed by atoms with Gasteiger partial charge in [-0.15, -0.1) is 0 Å². The van der Waals surface area contributed by atoms with Crippen molar-refractivity contribution in [2.24, 2.45) is 7.05 Å². The van der Waals surface area contributed by atoms with E-state index in [2.05, 4.69) is 22.8 Å². The Bertz CT molecular complexity index is 1060. The molecule has 5 nitrogen and oxygen atoms in total. The number of aromatic nitrogens is 2. The normalized spacial score (nSPS) is 11.3. The van der Waals surface area contributed by atoms with E-state index in [0.717, 1.165) is 22.0 Å². The van der Waals surface area contributed by atoms with Gasteiger partial charge in [-0.25, -0.2) is 0 Å². The van der Waals surface area contributed by atoms with Crippen LogP contribution in [-0.4, -0.2) is 28.5 Å². The van der Waals surface area contributed by atoms with Crippen molar-refractivity contribution < 1.29 is 14.6 Å². The van der Waals surface area contributed by atoms with E-state index in [0.29, 0.717) is 11.5 Å². The van der Waals surface area contributed by atoms with Crippen LogP contribution in [0.4, 0.5) is 0 Å². The fourth-order valence-electron chi connectivity index (χ4n) is 3.12. The zero-order valence-corrected chi connectivity index (χ0v) is 13.8. The SMILES string of the molecule is COc1cc2cn(-c3ccc4ccn(C)c4c3)c(O)c2cc1OC. The zero-order valence-electron chi connectivity index (χ0n) is 13.8. The van der Waals surface area contributed by atoms with Gasteiger partial charge in [-0.1, -0.05) is 6.07 Å². The van der Waals surface area contributed by atoms with E-state index in [-0.39, 0.29) is 5.88 Å². The Hall–Kier alpha value is -3.08. The van der Waals surface area contributed by atoms with E-state index in [4.69, 9.17) is 9.47 Å². The Kier molecular flexibility index (Phi) is 3.16.